The summed E-state index contributed by atoms with van der Waals surface area (Å²) in [5.41, 5.74) is -0.889. The Morgan fingerprint density at radius 1 is 1.14 bits per heavy atom. The van der Waals surface area contributed by atoms with E-state index in [0.717, 1.165) is 13.8 Å². The number of aromatic amines is 1. The molecule has 0 amide bonds. The molecular formula is C15H14F3NO2. The molecule has 1 heterocycles. The largest absolute Gasteiger partial charge is 0.477 e. The minimum atomic E-state index is -4.37. The van der Waals surface area contributed by atoms with Gasteiger partial charge in [-0.1, -0.05) is 18.2 Å². The van der Waals surface area contributed by atoms with Crippen LogP contribution in [0.4, 0.5) is 13.2 Å². The maximum absolute atomic E-state index is 13.1. The van der Waals surface area contributed by atoms with Gasteiger partial charge in [-0.2, -0.15) is 13.2 Å². The van der Waals surface area contributed by atoms with Crippen molar-refractivity contribution >= 4 is 5.97 Å². The number of hydrogen-bond donors (Lipinski definition) is 2. The Morgan fingerprint density at radius 3 is 2.33 bits per heavy atom. The maximum atomic E-state index is 13.1. The number of aromatic nitrogens is 1. The maximum Gasteiger partial charge on any atom is 0.397 e. The highest BCUT2D eigenvalue weighted by Crippen LogP contribution is 2.41. The third-order valence-corrected chi connectivity index (χ3v) is 3.52. The topological polar surface area (TPSA) is 53.1 Å². The second-order valence-electron chi connectivity index (χ2n) is 5.29. The number of benzene rings is 1. The highest BCUT2D eigenvalue weighted by Gasteiger charge is 2.48. The van der Waals surface area contributed by atoms with Gasteiger partial charge in [0.1, 0.15) is 5.69 Å². The molecule has 0 radical (unpaired) electrons. The smallest absolute Gasteiger partial charge is 0.397 e. The summed E-state index contributed by atoms with van der Waals surface area (Å²) in [6.45, 7) is 2.23. The van der Waals surface area contributed by atoms with Crippen LogP contribution in [0.25, 0.3) is 11.3 Å². The van der Waals surface area contributed by atoms with Crippen molar-refractivity contribution in [2.45, 2.75) is 25.4 Å². The number of H-pyrrole nitrogens is 1. The first-order valence-corrected chi connectivity index (χ1v) is 6.23. The van der Waals surface area contributed by atoms with Gasteiger partial charge in [0, 0.05) is 5.69 Å². The molecule has 112 valence electrons. The Hall–Kier alpha value is -2.24. The Balaban J connectivity index is 2.44. The van der Waals surface area contributed by atoms with Crippen LogP contribution in [0.3, 0.4) is 0 Å². The lowest BCUT2D eigenvalue weighted by Crippen LogP contribution is -2.36. The van der Waals surface area contributed by atoms with Crippen LogP contribution in [-0.2, 0) is 5.41 Å². The fourth-order valence-corrected chi connectivity index (χ4v) is 1.93. The van der Waals surface area contributed by atoms with Crippen molar-refractivity contribution in [2.24, 2.45) is 0 Å². The van der Waals surface area contributed by atoms with Crippen LogP contribution in [0.1, 0.15) is 29.9 Å². The zero-order chi connectivity index (χ0) is 15.8. The third kappa shape index (κ3) is 2.79. The molecule has 2 N–H and O–H groups in total. The molecule has 0 saturated heterocycles. The molecule has 0 spiro atoms. The summed E-state index contributed by atoms with van der Waals surface area (Å²) in [5, 5.41) is 8.86. The number of carboxylic acids is 1. The van der Waals surface area contributed by atoms with Crippen molar-refractivity contribution in [1.82, 2.24) is 4.98 Å². The molecule has 0 fully saturated rings. The number of nitrogens with one attached hydrogen (secondary N) is 1. The van der Waals surface area contributed by atoms with Crippen molar-refractivity contribution in [2.75, 3.05) is 0 Å². The average Bonchev–Trinajstić information content (AvgIpc) is 2.87. The zero-order valence-electron chi connectivity index (χ0n) is 11.5. The molecule has 21 heavy (non-hydrogen) atoms. The van der Waals surface area contributed by atoms with E-state index in [0.29, 0.717) is 11.3 Å². The Labute approximate surface area is 119 Å². The Bertz CT molecular complexity index is 672. The predicted molar refractivity (Wildman–Crippen MR) is 72.3 cm³/mol. The van der Waals surface area contributed by atoms with Gasteiger partial charge in [0.05, 0.1) is 5.41 Å². The van der Waals surface area contributed by atoms with E-state index in [1.807, 2.05) is 0 Å². The van der Waals surface area contributed by atoms with Gasteiger partial charge in [-0.25, -0.2) is 4.79 Å². The predicted octanol–water partition coefficient (Wildman–Crippen LogP) is 4.22. The second kappa shape index (κ2) is 4.95. The van der Waals surface area contributed by atoms with Crippen LogP contribution in [0, 0.1) is 0 Å². The van der Waals surface area contributed by atoms with Crippen molar-refractivity contribution in [3.05, 3.63) is 47.7 Å². The first-order chi connectivity index (χ1) is 9.63. The van der Waals surface area contributed by atoms with E-state index in [1.165, 1.54) is 30.3 Å². The van der Waals surface area contributed by atoms with E-state index >= 15 is 0 Å². The van der Waals surface area contributed by atoms with E-state index in [4.69, 9.17) is 5.11 Å². The van der Waals surface area contributed by atoms with Gasteiger partial charge >= 0.3 is 12.1 Å². The Morgan fingerprint density at radius 2 is 1.81 bits per heavy atom. The SMILES string of the molecule is CC(C)(c1cccc(-c2ccc(C(=O)O)[nH]2)c1)C(F)(F)F. The number of halogens is 3. The third-order valence-electron chi connectivity index (χ3n) is 3.52. The van der Waals surface area contributed by atoms with E-state index in [1.54, 1.807) is 6.07 Å². The second-order valence-corrected chi connectivity index (χ2v) is 5.29. The van der Waals surface area contributed by atoms with Crippen LogP contribution >= 0.6 is 0 Å². The molecule has 0 saturated carbocycles. The quantitative estimate of drug-likeness (QED) is 0.891. The molecule has 3 nitrogen and oxygen atoms in total. The van der Waals surface area contributed by atoms with Crippen molar-refractivity contribution in [1.29, 1.82) is 0 Å². The molecule has 1 aromatic carbocycles. The first kappa shape index (κ1) is 15.2. The minimum absolute atomic E-state index is 0.00881. The van der Waals surface area contributed by atoms with Crippen molar-refractivity contribution in [3.8, 4) is 11.3 Å². The van der Waals surface area contributed by atoms with Gasteiger partial charge in [-0.05, 0) is 43.2 Å². The summed E-state index contributed by atoms with van der Waals surface area (Å²) in [6.07, 6.45) is -4.37. The van der Waals surface area contributed by atoms with Crippen LogP contribution in [0.15, 0.2) is 36.4 Å². The van der Waals surface area contributed by atoms with Crippen LogP contribution in [0.2, 0.25) is 0 Å². The lowest BCUT2D eigenvalue weighted by Gasteiger charge is -2.28. The molecule has 6 heteroatoms. The first-order valence-electron chi connectivity index (χ1n) is 6.23. The van der Waals surface area contributed by atoms with Crippen molar-refractivity contribution in [3.63, 3.8) is 0 Å². The monoisotopic (exact) mass is 297 g/mol. The standard InChI is InChI=1S/C15H14F3NO2/c1-14(2,15(16,17)18)10-5-3-4-9(8-10)11-6-7-12(19-11)13(20)21/h3-8,19H,1-2H3,(H,20,21). The van der Waals surface area contributed by atoms with Gasteiger partial charge in [-0.15, -0.1) is 0 Å². The highest BCUT2D eigenvalue weighted by atomic mass is 19.4. The summed E-state index contributed by atoms with van der Waals surface area (Å²) in [7, 11) is 0. The molecule has 0 aliphatic heterocycles. The fourth-order valence-electron chi connectivity index (χ4n) is 1.93. The highest BCUT2D eigenvalue weighted by molar-refractivity contribution is 5.86. The van der Waals surface area contributed by atoms with Gasteiger partial charge in [-0.3, -0.25) is 0 Å². The number of rotatable bonds is 3. The summed E-state index contributed by atoms with van der Waals surface area (Å²) in [6, 6.07) is 8.90. The van der Waals surface area contributed by atoms with E-state index in [2.05, 4.69) is 4.98 Å². The van der Waals surface area contributed by atoms with Gasteiger partial charge in [0.2, 0.25) is 0 Å². The van der Waals surface area contributed by atoms with Gasteiger partial charge in [0.25, 0.3) is 0 Å². The van der Waals surface area contributed by atoms with Crippen LogP contribution in [0.5, 0.6) is 0 Å². The number of carbonyl (C=O) groups is 1. The Kier molecular flexibility index (Phi) is 3.57. The van der Waals surface area contributed by atoms with Crippen molar-refractivity contribution < 1.29 is 23.1 Å². The number of carboxylic acid groups (broad SMARTS) is 1. The lowest BCUT2D eigenvalue weighted by atomic mass is 9.83. The lowest BCUT2D eigenvalue weighted by molar-refractivity contribution is -0.180. The summed E-state index contributed by atoms with van der Waals surface area (Å²) in [4.78, 5) is 13.5. The zero-order valence-corrected chi connectivity index (χ0v) is 11.5. The molecule has 0 bridgehead atoms. The molecule has 2 rings (SSSR count). The van der Waals surface area contributed by atoms with Gasteiger partial charge < -0.3 is 10.1 Å². The summed E-state index contributed by atoms with van der Waals surface area (Å²) in [5.74, 6) is -1.12. The number of alkyl halides is 3. The molecule has 2 aromatic rings. The average molecular weight is 297 g/mol. The van der Waals surface area contributed by atoms with E-state index in [9.17, 15) is 18.0 Å². The summed E-state index contributed by atoms with van der Waals surface area (Å²) < 4.78 is 39.2. The number of aromatic carboxylic acids is 1. The molecular weight excluding hydrogens is 283 g/mol. The van der Waals surface area contributed by atoms with Crippen LogP contribution < -0.4 is 0 Å². The van der Waals surface area contributed by atoms with E-state index < -0.39 is 17.6 Å². The molecule has 1 aromatic heterocycles. The molecule has 0 aliphatic rings. The summed E-state index contributed by atoms with van der Waals surface area (Å²) >= 11 is 0. The molecule has 0 aliphatic carbocycles. The molecule has 0 atom stereocenters. The van der Waals surface area contributed by atoms with E-state index in [-0.39, 0.29) is 11.3 Å². The number of hydrogen-bond acceptors (Lipinski definition) is 1. The fraction of sp³-hybridized carbons (Fsp3) is 0.267. The minimum Gasteiger partial charge on any atom is -0.477 e. The van der Waals surface area contributed by atoms with Gasteiger partial charge in [0.15, 0.2) is 0 Å². The van der Waals surface area contributed by atoms with Crippen LogP contribution in [-0.4, -0.2) is 22.2 Å². The molecule has 0 unspecified atom stereocenters. The normalized spacial score (nSPS) is 12.4.